The van der Waals surface area contributed by atoms with Crippen LogP contribution in [0.25, 0.3) is 44.1 Å². The average molecular weight is 360 g/mol. The highest BCUT2D eigenvalue weighted by atomic mass is 14.7. The van der Waals surface area contributed by atoms with Gasteiger partial charge in [0.25, 0.3) is 0 Å². The molecule has 0 atom stereocenters. The molecule has 0 saturated carbocycles. The molecular weight excluding hydrogens is 340 g/mol. The van der Waals surface area contributed by atoms with Crippen molar-refractivity contribution < 1.29 is 0 Å². The molecule has 0 bridgehead atoms. The van der Waals surface area contributed by atoms with Crippen molar-refractivity contribution in [3.8, 4) is 22.3 Å². The number of hydrogen-bond acceptors (Lipinski definition) is 2. The summed E-state index contributed by atoms with van der Waals surface area (Å²) >= 11 is 0. The first-order valence-corrected chi connectivity index (χ1v) is 9.53. The second-order valence-corrected chi connectivity index (χ2v) is 7.21. The Kier molecular flexibility index (Phi) is 3.91. The minimum atomic E-state index is 0.961. The van der Waals surface area contributed by atoms with E-state index < -0.39 is 0 Å². The zero-order valence-electron chi connectivity index (χ0n) is 16.0. The van der Waals surface area contributed by atoms with Gasteiger partial charge in [-0.1, -0.05) is 60.7 Å². The molecule has 0 aliphatic heterocycles. The highest BCUT2D eigenvalue weighted by Gasteiger charge is 2.15. The van der Waals surface area contributed by atoms with E-state index in [4.69, 9.17) is 9.97 Å². The average Bonchev–Trinajstić information content (AvgIpc) is 2.74. The summed E-state index contributed by atoms with van der Waals surface area (Å²) in [6.07, 6.45) is 1.89. The molecule has 0 unspecified atom stereocenters. The smallest absolute Gasteiger partial charge is 0.0976 e. The number of fused-ring (bicyclic) bond motifs is 3. The van der Waals surface area contributed by atoms with Crippen LogP contribution in [-0.4, -0.2) is 9.97 Å². The second-order valence-electron chi connectivity index (χ2n) is 7.21. The Morgan fingerprint density at radius 3 is 1.96 bits per heavy atom. The van der Waals surface area contributed by atoms with Crippen LogP contribution in [0.2, 0.25) is 0 Å². The van der Waals surface area contributed by atoms with E-state index in [1.54, 1.807) is 0 Å². The Morgan fingerprint density at radius 1 is 0.643 bits per heavy atom. The van der Waals surface area contributed by atoms with Crippen molar-refractivity contribution in [1.82, 2.24) is 9.97 Å². The monoisotopic (exact) mass is 360 g/mol. The molecule has 0 fully saturated rings. The van der Waals surface area contributed by atoms with Crippen molar-refractivity contribution >= 4 is 21.8 Å². The lowest BCUT2D eigenvalue weighted by molar-refractivity contribution is 1.25. The lowest BCUT2D eigenvalue weighted by Crippen LogP contribution is -1.95. The molecule has 0 aliphatic rings. The zero-order valence-corrected chi connectivity index (χ0v) is 16.0. The lowest BCUT2D eigenvalue weighted by Gasteiger charge is -2.15. The molecule has 0 saturated heterocycles. The molecule has 0 aliphatic carbocycles. The van der Waals surface area contributed by atoms with Gasteiger partial charge in [-0.3, -0.25) is 9.97 Å². The van der Waals surface area contributed by atoms with Crippen LogP contribution in [0, 0.1) is 13.8 Å². The van der Waals surface area contributed by atoms with E-state index in [9.17, 15) is 0 Å². The second kappa shape index (κ2) is 6.58. The van der Waals surface area contributed by atoms with E-state index in [1.807, 2.05) is 12.3 Å². The van der Waals surface area contributed by atoms with Crippen molar-refractivity contribution in [3.05, 3.63) is 96.3 Å². The number of aryl methyl sites for hydroxylation is 2. The molecule has 2 heterocycles. The molecule has 2 heteroatoms. The summed E-state index contributed by atoms with van der Waals surface area (Å²) in [5, 5.41) is 2.33. The first-order chi connectivity index (χ1) is 13.7. The molecule has 3 aromatic carbocycles. The molecule has 0 spiro atoms. The molecule has 2 aromatic heterocycles. The third-order valence-corrected chi connectivity index (χ3v) is 5.29. The molecule has 5 aromatic rings. The van der Waals surface area contributed by atoms with Crippen LogP contribution < -0.4 is 0 Å². The van der Waals surface area contributed by atoms with Crippen LogP contribution in [0.4, 0.5) is 0 Å². The highest BCUT2D eigenvalue weighted by Crippen LogP contribution is 2.37. The summed E-state index contributed by atoms with van der Waals surface area (Å²) in [4.78, 5) is 9.67. The van der Waals surface area contributed by atoms with Gasteiger partial charge in [-0.15, -0.1) is 0 Å². The van der Waals surface area contributed by atoms with Gasteiger partial charge in [0.2, 0.25) is 0 Å². The number of pyridine rings is 2. The van der Waals surface area contributed by atoms with Crippen molar-refractivity contribution in [3.63, 3.8) is 0 Å². The summed E-state index contributed by atoms with van der Waals surface area (Å²) in [5.41, 5.74) is 8.98. The number of aromatic nitrogens is 2. The quantitative estimate of drug-likeness (QED) is 0.326. The van der Waals surface area contributed by atoms with Crippen molar-refractivity contribution in [1.29, 1.82) is 0 Å². The van der Waals surface area contributed by atoms with E-state index in [0.29, 0.717) is 0 Å². The van der Waals surface area contributed by atoms with Gasteiger partial charge in [-0.05, 0) is 59.9 Å². The van der Waals surface area contributed by atoms with E-state index in [1.165, 1.54) is 33.2 Å². The molecule has 0 radical (unpaired) electrons. The van der Waals surface area contributed by atoms with Gasteiger partial charge in [0.15, 0.2) is 0 Å². The molecule has 28 heavy (non-hydrogen) atoms. The van der Waals surface area contributed by atoms with Crippen molar-refractivity contribution in [2.24, 2.45) is 0 Å². The number of hydrogen-bond donors (Lipinski definition) is 0. The fraction of sp³-hybridized carbons (Fsp3) is 0.0769. The fourth-order valence-electron chi connectivity index (χ4n) is 4.06. The summed E-state index contributed by atoms with van der Waals surface area (Å²) in [6.45, 7) is 4.23. The van der Waals surface area contributed by atoms with Gasteiger partial charge < -0.3 is 0 Å². The molecule has 0 N–H and O–H groups in total. The number of benzene rings is 3. The first kappa shape index (κ1) is 16.6. The van der Waals surface area contributed by atoms with Gasteiger partial charge in [0, 0.05) is 22.7 Å². The molecule has 2 nitrogen and oxygen atoms in total. The van der Waals surface area contributed by atoms with Gasteiger partial charge in [0.05, 0.1) is 11.0 Å². The predicted octanol–water partition coefficient (Wildman–Crippen LogP) is 6.73. The minimum Gasteiger partial charge on any atom is -0.254 e. The van der Waals surface area contributed by atoms with E-state index in [0.717, 1.165) is 22.1 Å². The third kappa shape index (κ3) is 2.66. The lowest BCUT2D eigenvalue weighted by atomic mass is 9.93. The Balaban J connectivity index is 1.91. The Morgan fingerprint density at radius 2 is 1.29 bits per heavy atom. The third-order valence-electron chi connectivity index (χ3n) is 5.29. The largest absolute Gasteiger partial charge is 0.254 e. The van der Waals surface area contributed by atoms with E-state index in [-0.39, 0.29) is 0 Å². The maximum Gasteiger partial charge on any atom is 0.0976 e. The number of rotatable bonds is 2. The van der Waals surface area contributed by atoms with Crippen LogP contribution in [0.1, 0.15) is 11.3 Å². The predicted molar refractivity (Wildman–Crippen MR) is 117 cm³/mol. The fourth-order valence-corrected chi connectivity index (χ4v) is 4.06. The van der Waals surface area contributed by atoms with Crippen molar-refractivity contribution in [2.45, 2.75) is 13.8 Å². The van der Waals surface area contributed by atoms with E-state index >= 15 is 0 Å². The highest BCUT2D eigenvalue weighted by molar-refractivity contribution is 6.13. The summed E-state index contributed by atoms with van der Waals surface area (Å²) < 4.78 is 0. The van der Waals surface area contributed by atoms with Crippen LogP contribution in [0.5, 0.6) is 0 Å². The normalized spacial score (nSPS) is 11.2. The maximum atomic E-state index is 4.92. The topological polar surface area (TPSA) is 25.8 Å². The van der Waals surface area contributed by atoms with Gasteiger partial charge >= 0.3 is 0 Å². The van der Waals surface area contributed by atoms with Crippen LogP contribution in [0.3, 0.4) is 0 Å². The Labute approximate surface area is 164 Å². The molecule has 5 rings (SSSR count). The summed E-state index contributed by atoms with van der Waals surface area (Å²) in [6, 6.07) is 27.6. The number of nitrogens with zero attached hydrogens (tertiary/aromatic N) is 2. The zero-order chi connectivity index (χ0) is 19.1. The summed E-state index contributed by atoms with van der Waals surface area (Å²) in [5.74, 6) is 0. The first-order valence-electron chi connectivity index (χ1n) is 9.53. The van der Waals surface area contributed by atoms with Gasteiger partial charge in [-0.2, -0.15) is 0 Å². The molecular formula is C26H20N2. The van der Waals surface area contributed by atoms with Crippen LogP contribution in [0.15, 0.2) is 85.1 Å². The van der Waals surface area contributed by atoms with Crippen molar-refractivity contribution in [2.75, 3.05) is 0 Å². The van der Waals surface area contributed by atoms with Crippen LogP contribution >= 0.6 is 0 Å². The minimum absolute atomic E-state index is 0.961. The SMILES string of the molecule is Cc1cc(-c2ccccc2)c2c(C)cc3c(-c4ccccc4)ccnc3c2n1. The van der Waals surface area contributed by atoms with Gasteiger partial charge in [-0.25, -0.2) is 0 Å². The van der Waals surface area contributed by atoms with Gasteiger partial charge in [0.1, 0.15) is 0 Å². The molecule has 134 valence electrons. The molecule has 0 amide bonds. The summed E-state index contributed by atoms with van der Waals surface area (Å²) in [7, 11) is 0. The maximum absolute atomic E-state index is 4.92. The van der Waals surface area contributed by atoms with Crippen LogP contribution in [-0.2, 0) is 0 Å². The van der Waals surface area contributed by atoms with E-state index in [2.05, 4.69) is 86.6 Å². The Bertz CT molecular complexity index is 1310. The Hall–Kier alpha value is -3.52. The standard InChI is InChI=1S/C26H20N2/c1-17-15-23-21(19-9-5-3-6-10-19)13-14-27-25(23)26-24(17)22(16-18(2)28-26)20-11-7-4-8-12-20/h3-16H,1-2H3.